The monoisotopic (exact) mass is 167 g/mol. The number of rotatable bonds is 1. The first kappa shape index (κ1) is 8.52. The molecule has 64 valence electrons. The molecule has 4 heteroatoms. The fraction of sp³-hybridized carbons (Fsp3) is 0.250. The van der Waals surface area contributed by atoms with Crippen LogP contribution < -0.4 is 5.56 Å². The summed E-state index contributed by atoms with van der Waals surface area (Å²) in [7, 11) is 0. The first-order valence-corrected chi connectivity index (χ1v) is 3.46. The van der Waals surface area contributed by atoms with Gasteiger partial charge in [-0.15, -0.1) is 0 Å². The SMILES string of the molecule is CC(=O)c1c(C)c(O)c[nH]c1=O. The van der Waals surface area contributed by atoms with E-state index in [0.717, 1.165) is 0 Å². The van der Waals surface area contributed by atoms with Gasteiger partial charge in [0, 0.05) is 11.8 Å². The van der Waals surface area contributed by atoms with Crippen LogP contribution in [0.15, 0.2) is 11.0 Å². The van der Waals surface area contributed by atoms with Crippen LogP contribution in [0.5, 0.6) is 5.75 Å². The topological polar surface area (TPSA) is 70.2 Å². The third-order valence-corrected chi connectivity index (χ3v) is 1.68. The molecule has 12 heavy (non-hydrogen) atoms. The van der Waals surface area contributed by atoms with Crippen LogP contribution in [0, 0.1) is 6.92 Å². The number of pyridine rings is 1. The Morgan fingerprint density at radius 3 is 2.58 bits per heavy atom. The molecule has 1 aromatic rings. The largest absolute Gasteiger partial charge is 0.506 e. The standard InChI is InChI=1S/C8H9NO3/c1-4-6(11)3-9-8(12)7(4)5(2)10/h3,11H,1-2H3,(H,9,12). The number of carbonyl (C=O) groups excluding carboxylic acids is 1. The number of carbonyl (C=O) groups is 1. The van der Waals surface area contributed by atoms with Gasteiger partial charge >= 0.3 is 0 Å². The summed E-state index contributed by atoms with van der Waals surface area (Å²) in [5, 5.41) is 9.15. The molecule has 0 aliphatic carbocycles. The Hall–Kier alpha value is -1.58. The molecule has 4 nitrogen and oxygen atoms in total. The normalized spacial score (nSPS) is 9.83. The van der Waals surface area contributed by atoms with Crippen LogP contribution in [0.1, 0.15) is 22.8 Å². The van der Waals surface area contributed by atoms with E-state index in [-0.39, 0.29) is 17.1 Å². The van der Waals surface area contributed by atoms with Gasteiger partial charge in [0.15, 0.2) is 5.78 Å². The summed E-state index contributed by atoms with van der Waals surface area (Å²) in [6.45, 7) is 2.82. The van der Waals surface area contributed by atoms with Crippen LogP contribution in [-0.2, 0) is 0 Å². The molecular weight excluding hydrogens is 158 g/mol. The van der Waals surface area contributed by atoms with Crippen molar-refractivity contribution in [3.63, 3.8) is 0 Å². The van der Waals surface area contributed by atoms with E-state index in [0.29, 0.717) is 5.56 Å². The predicted octanol–water partition coefficient (Wildman–Crippen LogP) is 0.592. The highest BCUT2D eigenvalue weighted by atomic mass is 16.3. The van der Waals surface area contributed by atoms with Gasteiger partial charge in [0.05, 0.1) is 5.56 Å². The summed E-state index contributed by atoms with van der Waals surface area (Å²) in [4.78, 5) is 24.2. The molecule has 0 aliphatic heterocycles. The predicted molar refractivity (Wildman–Crippen MR) is 43.5 cm³/mol. The van der Waals surface area contributed by atoms with E-state index in [2.05, 4.69) is 4.98 Å². The Balaban J connectivity index is 3.54. The number of ketones is 1. The molecule has 0 aliphatic rings. The van der Waals surface area contributed by atoms with Gasteiger partial charge in [-0.3, -0.25) is 9.59 Å². The van der Waals surface area contributed by atoms with E-state index in [1.165, 1.54) is 20.0 Å². The summed E-state index contributed by atoms with van der Waals surface area (Å²) in [6.07, 6.45) is 1.17. The molecule has 0 bridgehead atoms. The number of hydrogen-bond donors (Lipinski definition) is 2. The summed E-state index contributed by atoms with van der Waals surface area (Å²) in [5.41, 5.74) is -0.112. The number of aromatic nitrogens is 1. The molecule has 0 atom stereocenters. The van der Waals surface area contributed by atoms with E-state index < -0.39 is 5.56 Å². The van der Waals surface area contributed by atoms with Crippen molar-refractivity contribution in [2.24, 2.45) is 0 Å². The molecule has 1 aromatic heterocycles. The Labute approximate surface area is 68.9 Å². The van der Waals surface area contributed by atoms with Gasteiger partial charge in [0.2, 0.25) is 0 Å². The van der Waals surface area contributed by atoms with E-state index in [4.69, 9.17) is 5.11 Å². The average Bonchev–Trinajstić information content (AvgIpc) is 1.97. The van der Waals surface area contributed by atoms with Crippen LogP contribution in [0.3, 0.4) is 0 Å². The van der Waals surface area contributed by atoms with Gasteiger partial charge in [0.1, 0.15) is 5.75 Å². The quantitative estimate of drug-likeness (QED) is 0.601. The first-order chi connectivity index (χ1) is 5.54. The van der Waals surface area contributed by atoms with E-state index >= 15 is 0 Å². The van der Waals surface area contributed by atoms with Crippen LogP contribution in [-0.4, -0.2) is 15.9 Å². The van der Waals surface area contributed by atoms with Crippen LogP contribution in [0.25, 0.3) is 0 Å². The summed E-state index contributed by atoms with van der Waals surface area (Å²) in [6, 6.07) is 0. The van der Waals surface area contributed by atoms with Crippen molar-refractivity contribution < 1.29 is 9.90 Å². The summed E-state index contributed by atoms with van der Waals surface area (Å²) in [5.74, 6) is -0.413. The highest BCUT2D eigenvalue weighted by molar-refractivity contribution is 5.95. The van der Waals surface area contributed by atoms with Gasteiger partial charge in [-0.05, 0) is 13.8 Å². The molecule has 0 saturated heterocycles. The molecular formula is C8H9NO3. The second-order valence-electron chi connectivity index (χ2n) is 2.56. The molecule has 0 spiro atoms. The van der Waals surface area contributed by atoms with Crippen LogP contribution in [0.2, 0.25) is 0 Å². The van der Waals surface area contributed by atoms with Gasteiger partial charge in [-0.2, -0.15) is 0 Å². The van der Waals surface area contributed by atoms with Gasteiger partial charge in [-0.1, -0.05) is 0 Å². The molecule has 0 saturated carbocycles. The minimum Gasteiger partial charge on any atom is -0.506 e. The average molecular weight is 167 g/mol. The molecule has 0 unspecified atom stereocenters. The minimum atomic E-state index is -0.460. The number of nitrogens with one attached hydrogen (secondary N) is 1. The number of aromatic amines is 1. The smallest absolute Gasteiger partial charge is 0.259 e. The maximum Gasteiger partial charge on any atom is 0.259 e. The lowest BCUT2D eigenvalue weighted by Gasteiger charge is -2.01. The van der Waals surface area contributed by atoms with Crippen molar-refractivity contribution in [1.29, 1.82) is 0 Å². The Kier molecular flexibility index (Phi) is 1.99. The highest BCUT2D eigenvalue weighted by Gasteiger charge is 2.11. The Morgan fingerprint density at radius 1 is 1.58 bits per heavy atom. The second kappa shape index (κ2) is 2.81. The molecule has 1 heterocycles. The number of aromatic hydroxyl groups is 1. The lowest BCUT2D eigenvalue weighted by Crippen LogP contribution is -2.17. The summed E-state index contributed by atoms with van der Waals surface area (Å²) < 4.78 is 0. The van der Waals surface area contributed by atoms with Crippen LogP contribution >= 0.6 is 0 Å². The highest BCUT2D eigenvalue weighted by Crippen LogP contribution is 2.14. The molecule has 1 rings (SSSR count). The third kappa shape index (κ3) is 1.23. The van der Waals surface area contributed by atoms with E-state index in [1.54, 1.807) is 0 Å². The zero-order valence-corrected chi connectivity index (χ0v) is 6.84. The van der Waals surface area contributed by atoms with Gasteiger partial charge in [-0.25, -0.2) is 0 Å². The van der Waals surface area contributed by atoms with Crippen molar-refractivity contribution in [3.8, 4) is 5.75 Å². The molecule has 2 N–H and O–H groups in total. The van der Waals surface area contributed by atoms with Crippen LogP contribution in [0.4, 0.5) is 0 Å². The maximum atomic E-state index is 11.0. The lowest BCUT2D eigenvalue weighted by atomic mass is 10.1. The number of Topliss-reactive ketones (excluding diaryl/α,β-unsaturated/α-hetero) is 1. The van der Waals surface area contributed by atoms with E-state index in [9.17, 15) is 9.59 Å². The van der Waals surface area contributed by atoms with E-state index in [1.807, 2.05) is 0 Å². The third-order valence-electron chi connectivity index (χ3n) is 1.68. The lowest BCUT2D eigenvalue weighted by molar-refractivity contribution is 0.101. The second-order valence-corrected chi connectivity index (χ2v) is 2.56. The van der Waals surface area contributed by atoms with Crippen molar-refractivity contribution in [2.45, 2.75) is 13.8 Å². The maximum absolute atomic E-state index is 11.0. The first-order valence-electron chi connectivity index (χ1n) is 3.46. The Bertz CT molecular complexity index is 378. The molecule has 0 fully saturated rings. The fourth-order valence-corrected chi connectivity index (χ4v) is 1.04. The molecule has 0 amide bonds. The van der Waals surface area contributed by atoms with Gasteiger partial charge in [0.25, 0.3) is 5.56 Å². The summed E-state index contributed by atoms with van der Waals surface area (Å²) >= 11 is 0. The minimum absolute atomic E-state index is 0.0231. The zero-order chi connectivity index (χ0) is 9.30. The van der Waals surface area contributed by atoms with Crippen molar-refractivity contribution in [3.05, 3.63) is 27.7 Å². The van der Waals surface area contributed by atoms with Gasteiger partial charge < -0.3 is 10.1 Å². The van der Waals surface area contributed by atoms with Crippen molar-refractivity contribution >= 4 is 5.78 Å². The van der Waals surface area contributed by atoms with Crippen molar-refractivity contribution in [1.82, 2.24) is 4.98 Å². The molecule has 0 aromatic carbocycles. The van der Waals surface area contributed by atoms with Crippen molar-refractivity contribution in [2.75, 3.05) is 0 Å². The zero-order valence-electron chi connectivity index (χ0n) is 6.84. The fourth-order valence-electron chi connectivity index (χ4n) is 1.04. The number of H-pyrrole nitrogens is 1. The number of hydrogen-bond acceptors (Lipinski definition) is 3. The Morgan fingerprint density at radius 2 is 2.17 bits per heavy atom. The molecule has 0 radical (unpaired) electrons.